The smallest absolute Gasteiger partial charge is 0.343 e. The summed E-state index contributed by atoms with van der Waals surface area (Å²) in [5, 5.41) is 9.33. The summed E-state index contributed by atoms with van der Waals surface area (Å²) in [6.07, 6.45) is 0. The van der Waals surface area contributed by atoms with Crippen LogP contribution in [0.2, 0.25) is 5.15 Å². The molecule has 1 N–H and O–H groups in total. The van der Waals surface area contributed by atoms with Gasteiger partial charge in [0.05, 0.1) is 5.69 Å². The molecule has 6 nitrogen and oxygen atoms in total. The molecular formula is C21H22ClN3O3. The first-order valence-corrected chi connectivity index (χ1v) is 9.41. The number of aromatic nitrogens is 2. The van der Waals surface area contributed by atoms with Crippen LogP contribution in [0, 0.1) is 12.8 Å². The molecule has 3 aromatic rings. The summed E-state index contributed by atoms with van der Waals surface area (Å²) in [5.74, 6) is -0.758. The second-order valence-corrected chi connectivity index (χ2v) is 7.37. The predicted molar refractivity (Wildman–Crippen MR) is 110 cm³/mol. The number of hydrogen-bond donors (Lipinski definition) is 1. The number of ether oxygens (including phenoxy) is 1. The van der Waals surface area contributed by atoms with Gasteiger partial charge < -0.3 is 10.1 Å². The summed E-state index contributed by atoms with van der Waals surface area (Å²) in [6, 6.07) is 13.4. The molecule has 0 spiro atoms. The third-order valence-electron chi connectivity index (χ3n) is 4.18. The van der Waals surface area contributed by atoms with E-state index in [2.05, 4.69) is 10.4 Å². The summed E-state index contributed by atoms with van der Waals surface area (Å²) in [4.78, 5) is 24.5. The molecule has 1 amide bonds. The molecule has 3 rings (SSSR count). The number of nitrogens with zero attached hydrogens (tertiary/aromatic N) is 2. The van der Waals surface area contributed by atoms with Crippen molar-refractivity contribution in [3.63, 3.8) is 0 Å². The first-order chi connectivity index (χ1) is 13.3. The van der Waals surface area contributed by atoms with Crippen molar-refractivity contribution in [3.05, 3.63) is 58.9 Å². The molecule has 0 aliphatic heterocycles. The topological polar surface area (TPSA) is 73.2 Å². The highest BCUT2D eigenvalue weighted by atomic mass is 35.5. The van der Waals surface area contributed by atoms with Crippen molar-refractivity contribution < 1.29 is 14.3 Å². The summed E-state index contributed by atoms with van der Waals surface area (Å²) in [6.45, 7) is 5.94. The minimum Gasteiger partial charge on any atom is -0.452 e. The Balaban J connectivity index is 1.62. The molecule has 1 aromatic heterocycles. The number of fused-ring (bicyclic) bond motifs is 1. The van der Waals surface area contributed by atoms with Gasteiger partial charge in [0.1, 0.15) is 10.7 Å². The van der Waals surface area contributed by atoms with E-state index in [0.717, 1.165) is 10.8 Å². The number of nitrogens with one attached hydrogen (secondary N) is 1. The molecule has 0 atom stereocenters. The van der Waals surface area contributed by atoms with Crippen LogP contribution < -0.4 is 5.32 Å². The molecule has 0 saturated heterocycles. The van der Waals surface area contributed by atoms with E-state index in [1.54, 1.807) is 17.7 Å². The molecule has 0 fully saturated rings. The van der Waals surface area contributed by atoms with E-state index in [4.69, 9.17) is 16.3 Å². The molecule has 1 heterocycles. The van der Waals surface area contributed by atoms with Crippen molar-refractivity contribution in [2.45, 2.75) is 27.3 Å². The van der Waals surface area contributed by atoms with Crippen molar-refractivity contribution in [2.24, 2.45) is 5.92 Å². The quantitative estimate of drug-likeness (QED) is 0.621. The molecule has 0 radical (unpaired) electrons. The number of aryl methyl sites for hydroxylation is 1. The number of esters is 1. The lowest BCUT2D eigenvalue weighted by atomic mass is 10.1. The first-order valence-electron chi connectivity index (χ1n) is 9.04. The van der Waals surface area contributed by atoms with Crippen LogP contribution >= 0.6 is 11.6 Å². The predicted octanol–water partition coefficient (Wildman–Crippen LogP) is 4.45. The van der Waals surface area contributed by atoms with Crippen LogP contribution in [0.15, 0.2) is 42.5 Å². The Bertz CT molecular complexity index is 1030. The number of carbonyl (C=O) groups is 2. The molecule has 0 unspecified atom stereocenters. The number of amides is 1. The van der Waals surface area contributed by atoms with Gasteiger partial charge in [-0.1, -0.05) is 55.8 Å². The van der Waals surface area contributed by atoms with Gasteiger partial charge in [-0.05, 0) is 35.7 Å². The van der Waals surface area contributed by atoms with E-state index >= 15 is 0 Å². The number of hydrogen-bond acceptors (Lipinski definition) is 4. The zero-order valence-corrected chi connectivity index (χ0v) is 16.8. The van der Waals surface area contributed by atoms with Crippen LogP contribution in [0.1, 0.15) is 29.9 Å². The fourth-order valence-corrected chi connectivity index (χ4v) is 3.24. The minimum atomic E-state index is -0.661. The van der Waals surface area contributed by atoms with Crippen LogP contribution in [-0.4, -0.2) is 28.3 Å². The van der Waals surface area contributed by atoms with Crippen LogP contribution in [0.25, 0.3) is 10.8 Å². The number of anilines is 1. The summed E-state index contributed by atoms with van der Waals surface area (Å²) in [5.41, 5.74) is 1.31. The average molecular weight is 400 g/mol. The monoisotopic (exact) mass is 399 g/mol. The number of benzene rings is 2. The molecule has 0 bridgehead atoms. The molecule has 0 aliphatic carbocycles. The van der Waals surface area contributed by atoms with Gasteiger partial charge in [-0.15, -0.1) is 0 Å². The first kappa shape index (κ1) is 19.9. The number of rotatable bonds is 6. The van der Waals surface area contributed by atoms with Crippen molar-refractivity contribution >= 4 is 39.9 Å². The van der Waals surface area contributed by atoms with Crippen LogP contribution in [0.5, 0.6) is 0 Å². The van der Waals surface area contributed by atoms with Gasteiger partial charge in [-0.2, -0.15) is 5.10 Å². The van der Waals surface area contributed by atoms with E-state index in [9.17, 15) is 9.59 Å². The maximum atomic E-state index is 12.4. The van der Waals surface area contributed by atoms with Crippen molar-refractivity contribution in [1.29, 1.82) is 0 Å². The van der Waals surface area contributed by atoms with Gasteiger partial charge in [-0.25, -0.2) is 4.79 Å². The SMILES string of the molecule is Cc1nn(CC(C)C)c(Cl)c1C(=O)OCC(=O)Nc1ccc2ccccc2c1. The Morgan fingerprint density at radius 3 is 2.61 bits per heavy atom. The second-order valence-electron chi connectivity index (χ2n) is 7.01. The zero-order valence-electron chi connectivity index (χ0n) is 16.0. The van der Waals surface area contributed by atoms with E-state index in [1.807, 2.05) is 50.2 Å². The maximum absolute atomic E-state index is 12.4. The van der Waals surface area contributed by atoms with E-state index < -0.39 is 18.5 Å². The molecular weight excluding hydrogens is 378 g/mol. The van der Waals surface area contributed by atoms with Gasteiger partial charge in [0, 0.05) is 12.2 Å². The number of halogens is 1. The molecule has 0 aliphatic rings. The average Bonchev–Trinajstić information content (AvgIpc) is 2.92. The Morgan fingerprint density at radius 1 is 1.18 bits per heavy atom. The van der Waals surface area contributed by atoms with E-state index in [-0.39, 0.29) is 10.7 Å². The summed E-state index contributed by atoms with van der Waals surface area (Å²) < 4.78 is 6.72. The van der Waals surface area contributed by atoms with E-state index in [1.165, 1.54) is 0 Å². The van der Waals surface area contributed by atoms with Crippen molar-refractivity contribution in [1.82, 2.24) is 9.78 Å². The maximum Gasteiger partial charge on any atom is 0.343 e. The Labute approximate surface area is 168 Å². The fourth-order valence-electron chi connectivity index (χ4n) is 2.92. The normalized spacial score (nSPS) is 11.0. The summed E-state index contributed by atoms with van der Waals surface area (Å²) >= 11 is 6.27. The van der Waals surface area contributed by atoms with Gasteiger partial charge >= 0.3 is 5.97 Å². The van der Waals surface area contributed by atoms with Crippen LogP contribution in [0.3, 0.4) is 0 Å². The third kappa shape index (κ3) is 4.51. The van der Waals surface area contributed by atoms with Crippen LogP contribution in [-0.2, 0) is 16.1 Å². The lowest BCUT2D eigenvalue weighted by Gasteiger charge is -2.08. The molecule has 28 heavy (non-hydrogen) atoms. The highest BCUT2D eigenvalue weighted by Crippen LogP contribution is 2.22. The summed E-state index contributed by atoms with van der Waals surface area (Å²) in [7, 11) is 0. The highest BCUT2D eigenvalue weighted by Gasteiger charge is 2.22. The molecule has 2 aromatic carbocycles. The minimum absolute atomic E-state index is 0.195. The largest absolute Gasteiger partial charge is 0.452 e. The van der Waals surface area contributed by atoms with Crippen molar-refractivity contribution in [3.8, 4) is 0 Å². The zero-order chi connectivity index (χ0) is 20.3. The lowest BCUT2D eigenvalue weighted by molar-refractivity contribution is -0.119. The van der Waals surface area contributed by atoms with Gasteiger partial charge in [-0.3, -0.25) is 9.48 Å². The van der Waals surface area contributed by atoms with E-state index in [0.29, 0.717) is 23.8 Å². The lowest BCUT2D eigenvalue weighted by Crippen LogP contribution is -2.21. The van der Waals surface area contributed by atoms with Crippen LogP contribution in [0.4, 0.5) is 5.69 Å². The van der Waals surface area contributed by atoms with Crippen molar-refractivity contribution in [2.75, 3.05) is 11.9 Å². The second kappa shape index (κ2) is 8.44. The Kier molecular flexibility index (Phi) is 5.99. The molecule has 7 heteroatoms. The molecule has 0 saturated carbocycles. The fraction of sp³-hybridized carbons (Fsp3) is 0.286. The van der Waals surface area contributed by atoms with Gasteiger partial charge in [0.25, 0.3) is 5.91 Å². The standard InChI is InChI=1S/C21H22ClN3O3/c1-13(2)11-25-20(22)19(14(3)24-25)21(27)28-12-18(26)23-17-9-8-15-6-4-5-7-16(15)10-17/h4-10,13H,11-12H2,1-3H3,(H,23,26). The number of carbonyl (C=O) groups excluding carboxylic acids is 2. The Hall–Kier alpha value is -2.86. The Morgan fingerprint density at radius 2 is 1.89 bits per heavy atom. The highest BCUT2D eigenvalue weighted by molar-refractivity contribution is 6.32. The van der Waals surface area contributed by atoms with Gasteiger partial charge in [0.15, 0.2) is 6.61 Å². The molecule has 146 valence electrons. The third-order valence-corrected chi connectivity index (χ3v) is 4.56. The van der Waals surface area contributed by atoms with Gasteiger partial charge in [0.2, 0.25) is 0 Å².